The lowest BCUT2D eigenvalue weighted by Gasteiger charge is -2.35. The molecule has 4 heteroatoms. The Hall–Kier alpha value is -1.84. The Morgan fingerprint density at radius 3 is 2.54 bits per heavy atom. The van der Waals surface area contributed by atoms with Crippen LogP contribution in [0.4, 0.5) is 5.69 Å². The smallest absolute Gasteiger partial charge is 0.230 e. The summed E-state index contributed by atoms with van der Waals surface area (Å²) in [6.07, 6.45) is 7.65. The predicted octanol–water partition coefficient (Wildman–Crippen LogP) is 4.03. The molecule has 0 atom stereocenters. The number of hydrogen-bond acceptors (Lipinski definition) is 2. The molecule has 0 N–H and O–H groups in total. The number of rotatable bonds is 5. The Balaban J connectivity index is 1.57. The van der Waals surface area contributed by atoms with Crippen molar-refractivity contribution < 1.29 is 9.59 Å². The van der Waals surface area contributed by atoms with Gasteiger partial charge in [0, 0.05) is 37.7 Å². The topological polar surface area (TPSA) is 40.6 Å². The van der Waals surface area contributed by atoms with Crippen molar-refractivity contribution >= 4 is 17.5 Å². The highest BCUT2D eigenvalue weighted by Crippen LogP contribution is 2.34. The van der Waals surface area contributed by atoms with Gasteiger partial charge in [-0.15, -0.1) is 0 Å². The fourth-order valence-corrected chi connectivity index (χ4v) is 4.39. The molecule has 2 amide bonds. The van der Waals surface area contributed by atoms with E-state index in [-0.39, 0.29) is 23.7 Å². The van der Waals surface area contributed by atoms with Crippen LogP contribution >= 0.6 is 0 Å². The van der Waals surface area contributed by atoms with Gasteiger partial charge in [-0.05, 0) is 56.6 Å². The molecule has 1 saturated carbocycles. The number of nitrogens with zero attached hydrogens (tertiary/aromatic N) is 2. The van der Waals surface area contributed by atoms with Crippen LogP contribution in [0.3, 0.4) is 0 Å². The number of anilines is 1. The summed E-state index contributed by atoms with van der Waals surface area (Å²) >= 11 is 0. The molecule has 0 bridgehead atoms. The summed E-state index contributed by atoms with van der Waals surface area (Å²) in [7, 11) is 1.92. The van der Waals surface area contributed by atoms with Crippen molar-refractivity contribution in [3.63, 3.8) is 0 Å². The summed E-state index contributed by atoms with van der Waals surface area (Å²) in [5, 5.41) is 0. The van der Waals surface area contributed by atoms with Crippen molar-refractivity contribution in [2.24, 2.45) is 11.8 Å². The molecular weight excluding hydrogens is 324 g/mol. The molecule has 0 spiro atoms. The van der Waals surface area contributed by atoms with Gasteiger partial charge >= 0.3 is 0 Å². The van der Waals surface area contributed by atoms with E-state index in [4.69, 9.17) is 0 Å². The van der Waals surface area contributed by atoms with Crippen molar-refractivity contribution in [2.45, 2.75) is 58.3 Å². The minimum Gasteiger partial charge on any atom is -0.346 e. The van der Waals surface area contributed by atoms with Crippen LogP contribution in [0.1, 0.15) is 57.4 Å². The number of benzene rings is 1. The summed E-state index contributed by atoms with van der Waals surface area (Å²) in [4.78, 5) is 29.6. The molecule has 1 aliphatic heterocycles. The van der Waals surface area contributed by atoms with Crippen LogP contribution in [0.25, 0.3) is 0 Å². The summed E-state index contributed by atoms with van der Waals surface area (Å²) in [6, 6.07) is 8.28. The molecule has 0 unspecified atom stereocenters. The van der Waals surface area contributed by atoms with Gasteiger partial charge in [0.2, 0.25) is 11.8 Å². The average molecular weight is 357 g/mol. The van der Waals surface area contributed by atoms with E-state index < -0.39 is 0 Å². The maximum Gasteiger partial charge on any atom is 0.230 e. The number of fused-ring (bicyclic) bond motifs is 1. The molecule has 0 aromatic heterocycles. The Kier molecular flexibility index (Phi) is 6.33. The second-order valence-corrected chi connectivity index (χ2v) is 7.88. The lowest BCUT2D eigenvalue weighted by molar-refractivity contribution is -0.136. The fraction of sp³-hybridized carbons (Fsp3) is 0.636. The first-order valence-electron chi connectivity index (χ1n) is 10.3. The molecule has 0 radical (unpaired) electrons. The first-order chi connectivity index (χ1) is 12.6. The molecular formula is C22H32N2O2. The highest BCUT2D eigenvalue weighted by molar-refractivity contribution is 5.96. The average Bonchev–Trinajstić information content (AvgIpc) is 2.70. The van der Waals surface area contributed by atoms with Gasteiger partial charge < -0.3 is 9.80 Å². The van der Waals surface area contributed by atoms with Crippen LogP contribution in [0.2, 0.25) is 0 Å². The highest BCUT2D eigenvalue weighted by atomic mass is 16.2. The minimum atomic E-state index is 0.0751. The maximum atomic E-state index is 13.1. The minimum absolute atomic E-state index is 0.0751. The van der Waals surface area contributed by atoms with E-state index in [0.717, 1.165) is 70.1 Å². The van der Waals surface area contributed by atoms with Crippen molar-refractivity contribution in [3.8, 4) is 0 Å². The number of aryl methyl sites for hydroxylation is 1. The molecule has 1 aromatic carbocycles. The zero-order valence-corrected chi connectivity index (χ0v) is 16.2. The first-order valence-corrected chi connectivity index (χ1v) is 10.3. The van der Waals surface area contributed by atoms with Crippen LogP contribution in [-0.2, 0) is 16.0 Å². The number of amides is 2. The van der Waals surface area contributed by atoms with Gasteiger partial charge in [0.25, 0.3) is 0 Å². The van der Waals surface area contributed by atoms with E-state index in [9.17, 15) is 9.59 Å². The van der Waals surface area contributed by atoms with Crippen LogP contribution < -0.4 is 4.90 Å². The molecule has 142 valence electrons. The number of carbonyl (C=O) groups excluding carboxylic acids is 2. The van der Waals surface area contributed by atoms with Crippen molar-refractivity contribution in [1.82, 2.24) is 4.90 Å². The van der Waals surface area contributed by atoms with E-state index in [2.05, 4.69) is 25.1 Å². The molecule has 1 aromatic rings. The standard InChI is InChI=1S/C22H32N2O2/c1-3-4-15-23(2)21(25)18-11-13-19(14-12-18)22(26)24-16-7-9-17-8-5-6-10-20(17)24/h5-6,8,10,18-19H,3-4,7,9,11-16H2,1-2H3. The second-order valence-electron chi connectivity index (χ2n) is 7.88. The van der Waals surface area contributed by atoms with Crippen molar-refractivity contribution in [1.29, 1.82) is 0 Å². The van der Waals surface area contributed by atoms with Gasteiger partial charge in [0.05, 0.1) is 0 Å². The van der Waals surface area contributed by atoms with Gasteiger partial charge in [0.1, 0.15) is 0 Å². The number of unbranched alkanes of at least 4 members (excludes halogenated alkanes) is 1. The van der Waals surface area contributed by atoms with Crippen LogP contribution in [0.15, 0.2) is 24.3 Å². The lowest BCUT2D eigenvalue weighted by Crippen LogP contribution is -2.42. The van der Waals surface area contributed by atoms with Gasteiger partial charge in [-0.2, -0.15) is 0 Å². The van der Waals surface area contributed by atoms with Gasteiger partial charge in [0.15, 0.2) is 0 Å². The van der Waals surface area contributed by atoms with Gasteiger partial charge in [-0.25, -0.2) is 0 Å². The summed E-state index contributed by atoms with van der Waals surface area (Å²) in [5.41, 5.74) is 2.38. The molecule has 4 nitrogen and oxygen atoms in total. The number of hydrogen-bond donors (Lipinski definition) is 0. The van der Waals surface area contributed by atoms with Crippen LogP contribution in [-0.4, -0.2) is 36.9 Å². The zero-order chi connectivity index (χ0) is 18.5. The molecule has 2 aliphatic rings. The van der Waals surface area contributed by atoms with E-state index in [1.165, 1.54) is 5.56 Å². The number of carbonyl (C=O) groups is 2. The number of para-hydroxylation sites is 1. The summed E-state index contributed by atoms with van der Waals surface area (Å²) in [6.45, 7) is 3.82. The molecule has 1 fully saturated rings. The Bertz CT molecular complexity index is 635. The van der Waals surface area contributed by atoms with Crippen molar-refractivity contribution in [2.75, 3.05) is 25.0 Å². The maximum absolute atomic E-state index is 13.1. The zero-order valence-electron chi connectivity index (χ0n) is 16.2. The van der Waals surface area contributed by atoms with Crippen LogP contribution in [0, 0.1) is 11.8 Å². The van der Waals surface area contributed by atoms with E-state index in [1.54, 1.807) is 0 Å². The third-order valence-corrected chi connectivity index (χ3v) is 6.03. The van der Waals surface area contributed by atoms with E-state index in [1.807, 2.05) is 22.9 Å². The molecule has 26 heavy (non-hydrogen) atoms. The monoisotopic (exact) mass is 356 g/mol. The fourth-order valence-electron chi connectivity index (χ4n) is 4.39. The van der Waals surface area contributed by atoms with E-state index in [0.29, 0.717) is 0 Å². The molecule has 0 saturated heterocycles. The Morgan fingerprint density at radius 1 is 1.12 bits per heavy atom. The quantitative estimate of drug-likeness (QED) is 0.799. The third kappa shape index (κ3) is 4.11. The summed E-state index contributed by atoms with van der Waals surface area (Å²) in [5.74, 6) is 0.718. The molecule has 1 heterocycles. The molecule has 1 aliphatic carbocycles. The van der Waals surface area contributed by atoms with Crippen LogP contribution in [0.5, 0.6) is 0 Å². The van der Waals surface area contributed by atoms with Crippen molar-refractivity contribution in [3.05, 3.63) is 29.8 Å². The predicted molar refractivity (Wildman–Crippen MR) is 105 cm³/mol. The third-order valence-electron chi connectivity index (χ3n) is 6.03. The Morgan fingerprint density at radius 2 is 1.81 bits per heavy atom. The van der Waals surface area contributed by atoms with E-state index >= 15 is 0 Å². The Labute approximate surface area is 157 Å². The highest BCUT2D eigenvalue weighted by Gasteiger charge is 2.34. The molecule has 3 rings (SSSR count). The van der Waals surface area contributed by atoms with Gasteiger partial charge in [-0.1, -0.05) is 31.5 Å². The lowest BCUT2D eigenvalue weighted by atomic mass is 9.80. The largest absolute Gasteiger partial charge is 0.346 e. The summed E-state index contributed by atoms with van der Waals surface area (Å²) < 4.78 is 0. The SMILES string of the molecule is CCCCN(C)C(=O)C1CCC(C(=O)N2CCCc3ccccc32)CC1. The second kappa shape index (κ2) is 8.70. The normalized spacial score (nSPS) is 22.6. The first kappa shape index (κ1) is 18.9. The van der Waals surface area contributed by atoms with Gasteiger partial charge in [-0.3, -0.25) is 9.59 Å².